The molecule has 1 aromatic carbocycles. The number of carbonyl (C=O) groups is 1. The average Bonchev–Trinajstić information content (AvgIpc) is 3.38. The zero-order chi connectivity index (χ0) is 22.3. The van der Waals surface area contributed by atoms with E-state index in [1.54, 1.807) is 20.3 Å². The highest BCUT2D eigenvalue weighted by Gasteiger charge is 2.21. The fourth-order valence-corrected chi connectivity index (χ4v) is 3.85. The number of hydrogen-bond donors (Lipinski definition) is 1. The molecule has 0 saturated carbocycles. The largest absolute Gasteiger partial charge is 0.493 e. The van der Waals surface area contributed by atoms with Crippen LogP contribution < -0.4 is 24.6 Å². The SMILES string of the molecule is COc1ccc(CC(=O)NCc2nc(N3CCCC3)nc(N3CCOCC3)n2)cc1OC. The molecule has 10 heteroatoms. The van der Waals surface area contributed by atoms with Crippen molar-refractivity contribution in [3.05, 3.63) is 29.6 Å². The third kappa shape index (κ3) is 5.37. The number of anilines is 2. The van der Waals surface area contributed by atoms with Gasteiger partial charge in [0, 0.05) is 26.2 Å². The minimum absolute atomic E-state index is 0.117. The number of morpholine rings is 1. The van der Waals surface area contributed by atoms with Gasteiger partial charge < -0.3 is 29.3 Å². The number of amides is 1. The molecular formula is C22H30N6O4. The molecule has 0 bridgehead atoms. The Hall–Kier alpha value is -3.14. The lowest BCUT2D eigenvalue weighted by Gasteiger charge is -2.28. The van der Waals surface area contributed by atoms with Gasteiger partial charge in [-0.15, -0.1) is 0 Å². The zero-order valence-corrected chi connectivity index (χ0v) is 18.7. The van der Waals surface area contributed by atoms with Gasteiger partial charge in [0.05, 0.1) is 40.4 Å². The van der Waals surface area contributed by atoms with Gasteiger partial charge in [-0.25, -0.2) is 0 Å². The Morgan fingerprint density at radius 3 is 2.28 bits per heavy atom. The van der Waals surface area contributed by atoms with Gasteiger partial charge in [-0.3, -0.25) is 4.79 Å². The Morgan fingerprint density at radius 2 is 1.62 bits per heavy atom. The molecule has 1 N–H and O–H groups in total. The van der Waals surface area contributed by atoms with E-state index in [1.165, 1.54) is 0 Å². The fraction of sp³-hybridized carbons (Fsp3) is 0.545. The van der Waals surface area contributed by atoms with Crippen LogP contribution in [0.5, 0.6) is 11.5 Å². The van der Waals surface area contributed by atoms with Gasteiger partial charge in [-0.05, 0) is 30.5 Å². The molecule has 32 heavy (non-hydrogen) atoms. The fourth-order valence-electron chi connectivity index (χ4n) is 3.85. The number of rotatable bonds is 8. The maximum absolute atomic E-state index is 12.6. The number of nitrogens with one attached hydrogen (secondary N) is 1. The lowest BCUT2D eigenvalue weighted by molar-refractivity contribution is -0.120. The Kier molecular flexibility index (Phi) is 7.21. The van der Waals surface area contributed by atoms with Crippen LogP contribution in [0.2, 0.25) is 0 Å². The molecule has 10 nitrogen and oxygen atoms in total. The highest BCUT2D eigenvalue weighted by molar-refractivity contribution is 5.78. The van der Waals surface area contributed by atoms with Crippen molar-refractivity contribution in [2.75, 3.05) is 63.4 Å². The Labute approximate surface area is 187 Å². The molecule has 2 saturated heterocycles. The van der Waals surface area contributed by atoms with E-state index in [9.17, 15) is 4.79 Å². The number of benzene rings is 1. The summed E-state index contributed by atoms with van der Waals surface area (Å²) in [4.78, 5) is 30.8. The van der Waals surface area contributed by atoms with Gasteiger partial charge in [0.2, 0.25) is 17.8 Å². The molecule has 0 spiro atoms. The van der Waals surface area contributed by atoms with Crippen molar-refractivity contribution in [2.45, 2.75) is 25.8 Å². The van der Waals surface area contributed by atoms with Gasteiger partial charge in [0.25, 0.3) is 0 Å². The summed E-state index contributed by atoms with van der Waals surface area (Å²) in [6.45, 7) is 4.93. The van der Waals surface area contributed by atoms with Crippen molar-refractivity contribution in [1.29, 1.82) is 0 Å². The Morgan fingerprint density at radius 1 is 0.969 bits per heavy atom. The number of methoxy groups -OCH3 is 2. The van der Waals surface area contributed by atoms with Crippen LogP contribution in [-0.2, 0) is 22.5 Å². The van der Waals surface area contributed by atoms with Crippen molar-refractivity contribution < 1.29 is 19.0 Å². The summed E-state index contributed by atoms with van der Waals surface area (Å²) in [5, 5.41) is 2.94. The van der Waals surface area contributed by atoms with E-state index in [2.05, 4.69) is 25.1 Å². The van der Waals surface area contributed by atoms with E-state index in [0.717, 1.165) is 44.6 Å². The van der Waals surface area contributed by atoms with Crippen LogP contribution in [0.4, 0.5) is 11.9 Å². The van der Waals surface area contributed by atoms with Gasteiger partial charge in [-0.1, -0.05) is 6.07 Å². The van der Waals surface area contributed by atoms with Gasteiger partial charge >= 0.3 is 0 Å². The third-order valence-corrected chi connectivity index (χ3v) is 5.60. The predicted octanol–water partition coefficient (Wildman–Crippen LogP) is 1.18. The first-order chi connectivity index (χ1) is 15.7. The molecule has 0 unspecified atom stereocenters. The number of aromatic nitrogens is 3. The molecule has 0 radical (unpaired) electrons. The summed E-state index contributed by atoms with van der Waals surface area (Å²) in [6, 6.07) is 5.46. The first kappa shape index (κ1) is 22.1. The minimum Gasteiger partial charge on any atom is -0.493 e. The van der Waals surface area contributed by atoms with Crippen LogP contribution in [0.3, 0.4) is 0 Å². The molecule has 172 valence electrons. The van der Waals surface area contributed by atoms with E-state index in [4.69, 9.17) is 19.2 Å². The molecule has 4 rings (SSSR count). The van der Waals surface area contributed by atoms with Crippen molar-refractivity contribution >= 4 is 17.8 Å². The summed E-state index contributed by atoms with van der Waals surface area (Å²) < 4.78 is 16.0. The molecule has 3 heterocycles. The van der Waals surface area contributed by atoms with Crippen LogP contribution >= 0.6 is 0 Å². The standard InChI is InChI=1S/C22H30N6O4/c1-30-17-6-5-16(13-18(17)31-2)14-20(29)23-15-19-24-21(27-7-3-4-8-27)26-22(25-19)28-9-11-32-12-10-28/h5-6,13H,3-4,7-12,14-15H2,1-2H3,(H,23,29). The van der Waals surface area contributed by atoms with Crippen LogP contribution in [-0.4, -0.2) is 74.5 Å². The smallest absolute Gasteiger partial charge is 0.230 e. The second-order valence-corrected chi connectivity index (χ2v) is 7.79. The summed E-state index contributed by atoms with van der Waals surface area (Å²) in [5.41, 5.74) is 0.836. The quantitative estimate of drug-likeness (QED) is 0.646. The molecule has 2 aromatic rings. The van der Waals surface area contributed by atoms with Gasteiger partial charge in [0.15, 0.2) is 17.3 Å². The first-order valence-corrected chi connectivity index (χ1v) is 11.0. The highest BCUT2D eigenvalue weighted by atomic mass is 16.5. The van der Waals surface area contributed by atoms with E-state index in [-0.39, 0.29) is 18.9 Å². The first-order valence-electron chi connectivity index (χ1n) is 11.0. The predicted molar refractivity (Wildman–Crippen MR) is 119 cm³/mol. The van der Waals surface area contributed by atoms with Crippen molar-refractivity contribution in [3.63, 3.8) is 0 Å². The van der Waals surface area contributed by atoms with E-state index in [0.29, 0.717) is 42.4 Å². The molecule has 2 aliphatic rings. The highest BCUT2D eigenvalue weighted by Crippen LogP contribution is 2.27. The van der Waals surface area contributed by atoms with Gasteiger partial charge in [0.1, 0.15) is 0 Å². The summed E-state index contributed by atoms with van der Waals surface area (Å²) >= 11 is 0. The van der Waals surface area contributed by atoms with Crippen molar-refractivity contribution in [2.24, 2.45) is 0 Å². The lowest BCUT2D eigenvalue weighted by atomic mass is 10.1. The average molecular weight is 443 g/mol. The second-order valence-electron chi connectivity index (χ2n) is 7.79. The van der Waals surface area contributed by atoms with Crippen molar-refractivity contribution in [3.8, 4) is 11.5 Å². The number of carbonyl (C=O) groups excluding carboxylic acids is 1. The minimum atomic E-state index is -0.117. The maximum atomic E-state index is 12.6. The molecule has 2 fully saturated rings. The lowest BCUT2D eigenvalue weighted by Crippen LogP contribution is -2.38. The number of ether oxygens (including phenoxy) is 3. The Balaban J connectivity index is 1.44. The Bertz CT molecular complexity index is 929. The van der Waals surface area contributed by atoms with Crippen LogP contribution in [0.15, 0.2) is 18.2 Å². The molecular weight excluding hydrogens is 412 g/mol. The third-order valence-electron chi connectivity index (χ3n) is 5.60. The van der Waals surface area contributed by atoms with Gasteiger partial charge in [-0.2, -0.15) is 15.0 Å². The van der Waals surface area contributed by atoms with Crippen LogP contribution in [0.1, 0.15) is 24.2 Å². The monoisotopic (exact) mass is 442 g/mol. The number of hydrogen-bond acceptors (Lipinski definition) is 9. The molecule has 0 atom stereocenters. The topological polar surface area (TPSA) is 102 Å². The maximum Gasteiger partial charge on any atom is 0.230 e. The van der Waals surface area contributed by atoms with E-state index in [1.807, 2.05) is 12.1 Å². The van der Waals surface area contributed by atoms with E-state index < -0.39 is 0 Å². The summed E-state index contributed by atoms with van der Waals surface area (Å²) in [6.07, 6.45) is 2.49. The number of nitrogens with zero attached hydrogens (tertiary/aromatic N) is 5. The van der Waals surface area contributed by atoms with E-state index >= 15 is 0 Å². The molecule has 1 amide bonds. The van der Waals surface area contributed by atoms with Crippen LogP contribution in [0.25, 0.3) is 0 Å². The molecule has 2 aliphatic heterocycles. The summed E-state index contributed by atoms with van der Waals surface area (Å²) in [5.74, 6) is 3.00. The van der Waals surface area contributed by atoms with Crippen LogP contribution in [0, 0.1) is 0 Å². The molecule has 1 aromatic heterocycles. The summed E-state index contributed by atoms with van der Waals surface area (Å²) in [7, 11) is 3.16. The van der Waals surface area contributed by atoms with Crippen molar-refractivity contribution in [1.82, 2.24) is 20.3 Å². The zero-order valence-electron chi connectivity index (χ0n) is 18.7. The second kappa shape index (κ2) is 10.4. The molecule has 0 aliphatic carbocycles. The normalized spacial score (nSPS) is 16.2.